The van der Waals surface area contributed by atoms with E-state index in [1.807, 2.05) is 6.07 Å². The molecule has 0 heterocycles. The van der Waals surface area contributed by atoms with Crippen molar-refractivity contribution in [3.63, 3.8) is 0 Å². The topological polar surface area (TPSA) is 59.0 Å². The molecule has 0 unspecified atom stereocenters. The fraction of sp³-hybridized carbons (Fsp3) is 0.0714. The third kappa shape index (κ3) is 2.80. The number of hydrogen-bond donors (Lipinski definition) is 1. The summed E-state index contributed by atoms with van der Waals surface area (Å²) >= 11 is 0. The highest BCUT2D eigenvalue weighted by Crippen LogP contribution is 2.24. The molecule has 0 atom stereocenters. The number of halogens is 2. The lowest BCUT2D eigenvalue weighted by molar-refractivity contribution is 0.299. The molecule has 19 heavy (non-hydrogen) atoms. The minimum absolute atomic E-state index is 0.101. The van der Waals surface area contributed by atoms with Crippen LogP contribution in [0.3, 0.4) is 0 Å². The van der Waals surface area contributed by atoms with Gasteiger partial charge in [0.15, 0.2) is 11.6 Å². The molecule has 0 amide bonds. The van der Waals surface area contributed by atoms with Crippen LogP contribution in [0, 0.1) is 23.0 Å². The molecule has 5 heteroatoms. The van der Waals surface area contributed by atoms with E-state index >= 15 is 0 Å². The molecule has 2 rings (SSSR count). The third-order valence-corrected chi connectivity index (χ3v) is 2.55. The zero-order chi connectivity index (χ0) is 13.8. The van der Waals surface area contributed by atoms with Crippen molar-refractivity contribution in [2.45, 2.75) is 6.61 Å². The average Bonchev–Trinajstić information content (AvgIpc) is 2.41. The molecule has 0 aliphatic heterocycles. The van der Waals surface area contributed by atoms with Crippen LogP contribution in [0.2, 0.25) is 0 Å². The van der Waals surface area contributed by atoms with Gasteiger partial charge >= 0.3 is 0 Å². The van der Waals surface area contributed by atoms with Crippen LogP contribution in [0.15, 0.2) is 36.4 Å². The first-order valence-corrected chi connectivity index (χ1v) is 5.47. The number of nitriles is 1. The van der Waals surface area contributed by atoms with Crippen LogP contribution in [0.4, 0.5) is 14.5 Å². The molecule has 0 aromatic heterocycles. The second kappa shape index (κ2) is 5.36. The zero-order valence-electron chi connectivity index (χ0n) is 9.86. The summed E-state index contributed by atoms with van der Waals surface area (Å²) in [6.07, 6.45) is 0. The Morgan fingerprint density at radius 2 is 2.00 bits per heavy atom. The summed E-state index contributed by atoms with van der Waals surface area (Å²) in [5, 5.41) is 8.69. The molecule has 2 aromatic carbocycles. The molecule has 96 valence electrons. The van der Waals surface area contributed by atoms with Gasteiger partial charge in [-0.1, -0.05) is 12.1 Å². The minimum Gasteiger partial charge on any atom is -0.487 e. The van der Waals surface area contributed by atoms with Gasteiger partial charge in [-0.25, -0.2) is 8.78 Å². The first-order chi connectivity index (χ1) is 9.11. The van der Waals surface area contributed by atoms with Crippen LogP contribution >= 0.6 is 0 Å². The summed E-state index contributed by atoms with van der Waals surface area (Å²) in [4.78, 5) is 0. The Kier molecular flexibility index (Phi) is 3.62. The smallest absolute Gasteiger partial charge is 0.165 e. The first-order valence-electron chi connectivity index (χ1n) is 5.47. The third-order valence-electron chi connectivity index (χ3n) is 2.55. The van der Waals surface area contributed by atoms with Gasteiger partial charge in [-0.3, -0.25) is 0 Å². The SMILES string of the molecule is N#Cc1ccc(OCc2cccc(F)c2F)c(N)c1. The number of rotatable bonds is 3. The molecule has 3 nitrogen and oxygen atoms in total. The summed E-state index contributed by atoms with van der Waals surface area (Å²) in [6, 6.07) is 10.3. The van der Waals surface area contributed by atoms with Gasteiger partial charge in [-0.2, -0.15) is 5.26 Å². The molecule has 0 radical (unpaired) electrons. The van der Waals surface area contributed by atoms with Gasteiger partial charge in [0, 0.05) is 5.56 Å². The van der Waals surface area contributed by atoms with E-state index in [1.165, 1.54) is 30.3 Å². The van der Waals surface area contributed by atoms with Crippen LogP contribution in [-0.2, 0) is 6.61 Å². The van der Waals surface area contributed by atoms with Crippen molar-refractivity contribution in [1.29, 1.82) is 5.26 Å². The number of benzene rings is 2. The zero-order valence-corrected chi connectivity index (χ0v) is 9.86. The Bertz CT molecular complexity index is 650. The van der Waals surface area contributed by atoms with Gasteiger partial charge in [-0.05, 0) is 24.3 Å². The van der Waals surface area contributed by atoms with Crippen LogP contribution in [0.5, 0.6) is 5.75 Å². The average molecular weight is 260 g/mol. The molecule has 0 aliphatic carbocycles. The van der Waals surface area contributed by atoms with Crippen LogP contribution in [0.1, 0.15) is 11.1 Å². The predicted octanol–water partition coefficient (Wildman–Crippen LogP) is 3.00. The monoisotopic (exact) mass is 260 g/mol. The van der Waals surface area contributed by atoms with E-state index in [0.717, 1.165) is 6.07 Å². The second-order valence-electron chi connectivity index (χ2n) is 3.87. The van der Waals surface area contributed by atoms with Gasteiger partial charge < -0.3 is 10.5 Å². The van der Waals surface area contributed by atoms with E-state index < -0.39 is 11.6 Å². The number of nitrogens with zero attached hydrogens (tertiary/aromatic N) is 1. The molecule has 0 saturated carbocycles. The molecule has 0 saturated heterocycles. The number of hydrogen-bond acceptors (Lipinski definition) is 3. The Morgan fingerprint density at radius 3 is 2.68 bits per heavy atom. The van der Waals surface area contributed by atoms with Crippen molar-refractivity contribution < 1.29 is 13.5 Å². The van der Waals surface area contributed by atoms with E-state index in [-0.39, 0.29) is 17.9 Å². The van der Waals surface area contributed by atoms with Crippen molar-refractivity contribution in [1.82, 2.24) is 0 Å². The van der Waals surface area contributed by atoms with E-state index in [1.54, 1.807) is 0 Å². The van der Waals surface area contributed by atoms with Gasteiger partial charge in [0.05, 0.1) is 17.3 Å². The first kappa shape index (κ1) is 12.8. The van der Waals surface area contributed by atoms with Gasteiger partial charge in [0.2, 0.25) is 0 Å². The molecule has 0 aliphatic rings. The lowest BCUT2D eigenvalue weighted by Gasteiger charge is -2.09. The summed E-state index contributed by atoms with van der Waals surface area (Å²) < 4.78 is 31.7. The fourth-order valence-electron chi connectivity index (χ4n) is 1.56. The highest BCUT2D eigenvalue weighted by molar-refractivity contribution is 5.56. The van der Waals surface area contributed by atoms with Gasteiger partial charge in [0.25, 0.3) is 0 Å². The predicted molar refractivity (Wildman–Crippen MR) is 66.3 cm³/mol. The normalized spacial score (nSPS) is 9.95. The van der Waals surface area contributed by atoms with E-state index in [4.69, 9.17) is 15.7 Å². The summed E-state index contributed by atoms with van der Waals surface area (Å²) in [6.45, 7) is -0.139. The quantitative estimate of drug-likeness (QED) is 0.863. The van der Waals surface area contributed by atoms with Crippen molar-refractivity contribution in [2.24, 2.45) is 0 Å². The van der Waals surface area contributed by atoms with Crippen molar-refractivity contribution in [3.8, 4) is 11.8 Å². The lowest BCUT2D eigenvalue weighted by atomic mass is 10.2. The van der Waals surface area contributed by atoms with Crippen LogP contribution in [0.25, 0.3) is 0 Å². The Morgan fingerprint density at radius 1 is 1.21 bits per heavy atom. The summed E-state index contributed by atoms with van der Waals surface area (Å²) in [5.41, 5.74) is 6.46. The number of ether oxygens (including phenoxy) is 1. The maximum atomic E-state index is 13.4. The molecule has 0 fully saturated rings. The van der Waals surface area contributed by atoms with Crippen molar-refractivity contribution in [2.75, 3.05) is 5.73 Å². The molecule has 0 spiro atoms. The molecule has 2 N–H and O–H groups in total. The molecule has 0 bridgehead atoms. The van der Waals surface area contributed by atoms with Gasteiger partial charge in [0.1, 0.15) is 12.4 Å². The number of nitrogen functional groups attached to an aromatic ring is 1. The largest absolute Gasteiger partial charge is 0.487 e. The lowest BCUT2D eigenvalue weighted by Crippen LogP contribution is -2.02. The Labute approximate surface area is 108 Å². The highest BCUT2D eigenvalue weighted by atomic mass is 19.2. The van der Waals surface area contributed by atoms with Crippen LogP contribution < -0.4 is 10.5 Å². The highest BCUT2D eigenvalue weighted by Gasteiger charge is 2.09. The van der Waals surface area contributed by atoms with E-state index in [2.05, 4.69) is 0 Å². The van der Waals surface area contributed by atoms with E-state index in [9.17, 15) is 8.78 Å². The van der Waals surface area contributed by atoms with Crippen molar-refractivity contribution in [3.05, 3.63) is 59.2 Å². The maximum absolute atomic E-state index is 13.4. The summed E-state index contributed by atoms with van der Waals surface area (Å²) in [7, 11) is 0. The molecule has 2 aromatic rings. The van der Waals surface area contributed by atoms with Gasteiger partial charge in [-0.15, -0.1) is 0 Å². The Balaban J connectivity index is 2.15. The maximum Gasteiger partial charge on any atom is 0.165 e. The standard InChI is InChI=1S/C14H10F2N2O/c15-11-3-1-2-10(14(11)16)8-19-13-5-4-9(7-17)6-12(13)18/h1-6H,8,18H2. The minimum atomic E-state index is -0.935. The fourth-order valence-corrected chi connectivity index (χ4v) is 1.56. The van der Waals surface area contributed by atoms with Crippen molar-refractivity contribution >= 4 is 5.69 Å². The Hall–Kier alpha value is -2.61. The van der Waals surface area contributed by atoms with E-state index in [0.29, 0.717) is 11.3 Å². The van der Waals surface area contributed by atoms with Crippen LogP contribution in [-0.4, -0.2) is 0 Å². The second-order valence-corrected chi connectivity index (χ2v) is 3.87. The number of nitrogens with two attached hydrogens (primary N) is 1. The molecular weight excluding hydrogens is 250 g/mol. The summed E-state index contributed by atoms with van der Waals surface area (Å²) in [5.74, 6) is -1.54. The molecular formula is C14H10F2N2O. The number of anilines is 1.